The summed E-state index contributed by atoms with van der Waals surface area (Å²) >= 11 is 0. The molecule has 0 aliphatic carbocycles. The normalized spacial score (nSPS) is 14.6. The first-order valence-corrected chi connectivity index (χ1v) is 8.80. The number of aromatic nitrogens is 4. The number of ether oxygens (including phenoxy) is 1. The van der Waals surface area contributed by atoms with Gasteiger partial charge in [-0.2, -0.15) is 5.10 Å². The van der Waals surface area contributed by atoms with Crippen molar-refractivity contribution < 1.29 is 14.2 Å². The van der Waals surface area contributed by atoms with Crippen LogP contribution in [0.25, 0.3) is 22.5 Å². The highest BCUT2D eigenvalue weighted by Gasteiger charge is 2.24. The van der Waals surface area contributed by atoms with Crippen molar-refractivity contribution in [1.29, 1.82) is 0 Å². The van der Waals surface area contributed by atoms with Crippen molar-refractivity contribution in [3.8, 4) is 22.5 Å². The summed E-state index contributed by atoms with van der Waals surface area (Å²) in [5.41, 5.74) is 4.02. The van der Waals surface area contributed by atoms with E-state index in [9.17, 15) is 9.50 Å². The van der Waals surface area contributed by atoms with Crippen LogP contribution in [-0.4, -0.2) is 44.1 Å². The number of hydrogen-bond donors (Lipinski definition) is 2. The first-order valence-electron chi connectivity index (χ1n) is 8.80. The molecule has 2 aromatic heterocycles. The predicted octanol–water partition coefficient (Wildman–Crippen LogP) is 2.47. The number of nitrogens with zero attached hydrogens (tertiary/aromatic N) is 4. The van der Waals surface area contributed by atoms with Gasteiger partial charge in [0.2, 0.25) is 5.95 Å². The van der Waals surface area contributed by atoms with Crippen LogP contribution in [0, 0.1) is 5.82 Å². The molecule has 0 radical (unpaired) electrons. The Labute approximate surface area is 155 Å². The van der Waals surface area contributed by atoms with Gasteiger partial charge in [-0.25, -0.2) is 14.4 Å². The van der Waals surface area contributed by atoms with Crippen molar-refractivity contribution in [2.75, 3.05) is 18.5 Å². The summed E-state index contributed by atoms with van der Waals surface area (Å²) in [5.74, 6) is 0.134. The van der Waals surface area contributed by atoms with E-state index in [1.807, 2.05) is 17.7 Å². The highest BCUT2D eigenvalue weighted by Crippen LogP contribution is 2.35. The van der Waals surface area contributed by atoms with E-state index in [0.29, 0.717) is 31.4 Å². The van der Waals surface area contributed by atoms with Gasteiger partial charge >= 0.3 is 0 Å². The average molecular weight is 369 g/mol. The van der Waals surface area contributed by atoms with Crippen LogP contribution in [0.3, 0.4) is 0 Å². The second kappa shape index (κ2) is 7.42. The molecule has 0 amide bonds. The summed E-state index contributed by atoms with van der Waals surface area (Å²) in [6, 6.07) is 7.91. The standard InChI is InChI=1S/C19H20FN5O2/c1-12(10-26)22-19-21-7-6-15(23-19)17-16-11-27-9-8-25(16)24-18(17)13-2-4-14(20)5-3-13/h2-7,12,26H,8-11H2,1H3,(H,21,22,23). The van der Waals surface area contributed by atoms with Crippen molar-refractivity contribution in [2.24, 2.45) is 0 Å². The van der Waals surface area contributed by atoms with E-state index in [1.54, 1.807) is 18.3 Å². The van der Waals surface area contributed by atoms with Crippen LogP contribution >= 0.6 is 0 Å². The molecule has 1 aliphatic heterocycles. The molecule has 3 heterocycles. The zero-order chi connectivity index (χ0) is 18.8. The Morgan fingerprint density at radius 2 is 2.11 bits per heavy atom. The van der Waals surface area contributed by atoms with Gasteiger partial charge in [0.1, 0.15) is 11.5 Å². The first-order chi connectivity index (χ1) is 13.2. The van der Waals surface area contributed by atoms with Gasteiger partial charge in [0.15, 0.2) is 0 Å². The lowest BCUT2D eigenvalue weighted by molar-refractivity contribution is 0.0804. The van der Waals surface area contributed by atoms with Crippen LogP contribution in [0.4, 0.5) is 10.3 Å². The third-order valence-corrected chi connectivity index (χ3v) is 4.42. The van der Waals surface area contributed by atoms with Gasteiger partial charge in [0.25, 0.3) is 0 Å². The molecule has 0 bridgehead atoms. The molecule has 3 aromatic rings. The molecule has 0 fully saturated rings. The lowest BCUT2D eigenvalue weighted by Gasteiger charge is -2.16. The molecule has 0 saturated heterocycles. The van der Waals surface area contributed by atoms with Gasteiger partial charge in [-0.3, -0.25) is 4.68 Å². The van der Waals surface area contributed by atoms with E-state index in [-0.39, 0.29) is 18.5 Å². The van der Waals surface area contributed by atoms with E-state index < -0.39 is 0 Å². The molecule has 4 rings (SSSR count). The van der Waals surface area contributed by atoms with Crippen LogP contribution < -0.4 is 5.32 Å². The van der Waals surface area contributed by atoms with Crippen LogP contribution in [0.5, 0.6) is 0 Å². The molecule has 0 spiro atoms. The Morgan fingerprint density at radius 3 is 2.89 bits per heavy atom. The number of nitrogens with one attached hydrogen (secondary N) is 1. The Hall–Kier alpha value is -2.84. The predicted molar refractivity (Wildman–Crippen MR) is 98.5 cm³/mol. The van der Waals surface area contributed by atoms with Crippen molar-refractivity contribution in [1.82, 2.24) is 19.7 Å². The van der Waals surface area contributed by atoms with Crippen LogP contribution in [0.2, 0.25) is 0 Å². The molecule has 1 aromatic carbocycles. The van der Waals surface area contributed by atoms with Crippen molar-refractivity contribution >= 4 is 5.95 Å². The smallest absolute Gasteiger partial charge is 0.223 e. The van der Waals surface area contributed by atoms with Gasteiger partial charge < -0.3 is 15.2 Å². The van der Waals surface area contributed by atoms with Crippen LogP contribution in [0.15, 0.2) is 36.5 Å². The fourth-order valence-corrected chi connectivity index (χ4v) is 3.06. The molecule has 1 unspecified atom stereocenters. The Morgan fingerprint density at radius 1 is 1.30 bits per heavy atom. The fourth-order valence-electron chi connectivity index (χ4n) is 3.06. The number of rotatable bonds is 5. The number of hydrogen-bond acceptors (Lipinski definition) is 6. The number of aliphatic hydroxyl groups is 1. The zero-order valence-electron chi connectivity index (χ0n) is 14.9. The molecule has 7 nitrogen and oxygen atoms in total. The molecule has 140 valence electrons. The number of fused-ring (bicyclic) bond motifs is 1. The number of benzene rings is 1. The molecular formula is C19H20FN5O2. The molecular weight excluding hydrogens is 349 g/mol. The quantitative estimate of drug-likeness (QED) is 0.719. The maximum Gasteiger partial charge on any atom is 0.223 e. The minimum atomic E-state index is -0.292. The van der Waals surface area contributed by atoms with Gasteiger partial charge in [-0.1, -0.05) is 0 Å². The maximum atomic E-state index is 13.4. The SMILES string of the molecule is CC(CO)Nc1nccc(-c2c(-c3ccc(F)cc3)nn3c2COCC3)n1. The molecule has 2 N–H and O–H groups in total. The Kier molecular flexibility index (Phi) is 4.83. The Bertz CT molecular complexity index is 942. The minimum absolute atomic E-state index is 0.0224. The minimum Gasteiger partial charge on any atom is -0.394 e. The third-order valence-electron chi connectivity index (χ3n) is 4.42. The van der Waals surface area contributed by atoms with Gasteiger partial charge in [-0.15, -0.1) is 0 Å². The zero-order valence-corrected chi connectivity index (χ0v) is 14.9. The summed E-state index contributed by atoms with van der Waals surface area (Å²) in [5, 5.41) is 17.0. The summed E-state index contributed by atoms with van der Waals surface area (Å²) in [4.78, 5) is 8.82. The Balaban J connectivity index is 1.83. The summed E-state index contributed by atoms with van der Waals surface area (Å²) in [6.07, 6.45) is 1.66. The van der Waals surface area contributed by atoms with Gasteiger partial charge in [0, 0.05) is 17.8 Å². The maximum absolute atomic E-state index is 13.4. The molecule has 1 atom stereocenters. The number of halogens is 1. The van der Waals surface area contributed by atoms with Crippen molar-refractivity contribution in [2.45, 2.75) is 26.1 Å². The summed E-state index contributed by atoms with van der Waals surface area (Å²) in [7, 11) is 0. The van der Waals surface area contributed by atoms with Crippen LogP contribution in [-0.2, 0) is 17.9 Å². The molecule has 8 heteroatoms. The number of anilines is 1. The average Bonchev–Trinajstić information content (AvgIpc) is 3.08. The first kappa shape index (κ1) is 17.6. The summed E-state index contributed by atoms with van der Waals surface area (Å²) in [6.45, 7) is 3.51. The highest BCUT2D eigenvalue weighted by atomic mass is 19.1. The molecule has 1 aliphatic rings. The van der Waals surface area contributed by atoms with Gasteiger partial charge in [0.05, 0.1) is 43.3 Å². The lowest BCUT2D eigenvalue weighted by atomic mass is 10.0. The molecule has 27 heavy (non-hydrogen) atoms. The van der Waals surface area contributed by atoms with Crippen LogP contribution in [0.1, 0.15) is 12.6 Å². The van der Waals surface area contributed by atoms with Crippen molar-refractivity contribution in [3.63, 3.8) is 0 Å². The fraction of sp³-hybridized carbons (Fsp3) is 0.316. The monoisotopic (exact) mass is 369 g/mol. The third kappa shape index (κ3) is 3.54. The second-order valence-corrected chi connectivity index (χ2v) is 6.45. The largest absolute Gasteiger partial charge is 0.394 e. The summed E-state index contributed by atoms with van der Waals surface area (Å²) < 4.78 is 20.9. The van der Waals surface area contributed by atoms with E-state index in [1.165, 1.54) is 12.1 Å². The van der Waals surface area contributed by atoms with E-state index >= 15 is 0 Å². The molecule has 0 saturated carbocycles. The highest BCUT2D eigenvalue weighted by molar-refractivity contribution is 5.81. The van der Waals surface area contributed by atoms with E-state index in [2.05, 4.69) is 15.3 Å². The number of aliphatic hydroxyl groups excluding tert-OH is 1. The second-order valence-electron chi connectivity index (χ2n) is 6.45. The van der Waals surface area contributed by atoms with Crippen molar-refractivity contribution in [3.05, 3.63) is 48.0 Å². The van der Waals surface area contributed by atoms with Gasteiger partial charge in [-0.05, 0) is 37.3 Å². The van der Waals surface area contributed by atoms with E-state index in [4.69, 9.17) is 9.84 Å². The lowest BCUT2D eigenvalue weighted by Crippen LogP contribution is -2.21. The van der Waals surface area contributed by atoms with E-state index in [0.717, 1.165) is 22.5 Å². The topological polar surface area (TPSA) is 85.1 Å².